The highest BCUT2D eigenvalue weighted by Crippen LogP contribution is 2.51. The number of ether oxygens (including phenoxy) is 1. The van der Waals surface area contributed by atoms with Gasteiger partial charge < -0.3 is 20.7 Å². The molecule has 2 unspecified atom stereocenters. The van der Waals surface area contributed by atoms with E-state index in [4.69, 9.17) is 4.74 Å². The number of aryl methyl sites for hydroxylation is 1. The SMILES string of the molecule is C=CC(=O)N[C@H]1CCC[C@H]1NC(=O)C1Sc2nccc3c2C1NC(=O)N3c1ccc(Oc2ccccn2)cc1C. The number of hydrogen-bond donors (Lipinski definition) is 3. The number of urea groups is 1. The van der Waals surface area contributed by atoms with E-state index in [-0.39, 0.29) is 29.9 Å². The second-order valence-corrected chi connectivity index (χ2v) is 11.1. The highest BCUT2D eigenvalue weighted by atomic mass is 32.2. The first-order chi connectivity index (χ1) is 19.4. The van der Waals surface area contributed by atoms with Crippen LogP contribution in [0, 0.1) is 6.92 Å². The summed E-state index contributed by atoms with van der Waals surface area (Å²) in [4.78, 5) is 49.2. The molecule has 204 valence electrons. The zero-order valence-electron chi connectivity index (χ0n) is 21.8. The minimum Gasteiger partial charge on any atom is -0.439 e. The number of anilines is 2. The van der Waals surface area contributed by atoms with Crippen LogP contribution in [0.3, 0.4) is 0 Å². The Morgan fingerprint density at radius 3 is 2.67 bits per heavy atom. The Morgan fingerprint density at radius 2 is 1.93 bits per heavy atom. The average Bonchev–Trinajstić information content (AvgIpc) is 3.55. The van der Waals surface area contributed by atoms with Gasteiger partial charge in [-0.15, -0.1) is 0 Å². The Balaban J connectivity index is 1.23. The highest BCUT2D eigenvalue weighted by Gasteiger charge is 2.47. The van der Waals surface area contributed by atoms with Gasteiger partial charge in [-0.2, -0.15) is 0 Å². The second-order valence-electron chi connectivity index (χ2n) is 9.93. The first-order valence-electron chi connectivity index (χ1n) is 13.1. The molecule has 6 rings (SSSR count). The maximum Gasteiger partial charge on any atom is 0.327 e. The molecule has 1 aliphatic carbocycles. The van der Waals surface area contributed by atoms with Gasteiger partial charge in [0.2, 0.25) is 17.7 Å². The molecule has 1 fully saturated rings. The number of carbonyl (C=O) groups is 3. The van der Waals surface area contributed by atoms with E-state index in [2.05, 4.69) is 32.5 Å². The minimum atomic E-state index is -0.582. The molecule has 3 N–H and O–H groups in total. The van der Waals surface area contributed by atoms with Crippen molar-refractivity contribution in [1.29, 1.82) is 0 Å². The van der Waals surface area contributed by atoms with Crippen LogP contribution in [-0.4, -0.2) is 45.1 Å². The number of hydrogen-bond acceptors (Lipinski definition) is 7. The quantitative estimate of drug-likeness (QED) is 0.371. The van der Waals surface area contributed by atoms with Crippen LogP contribution in [0.2, 0.25) is 0 Å². The molecule has 3 aromatic rings. The molecule has 2 aromatic heterocycles. The predicted molar refractivity (Wildman–Crippen MR) is 151 cm³/mol. The van der Waals surface area contributed by atoms with Crippen LogP contribution in [0.1, 0.15) is 36.4 Å². The third kappa shape index (κ3) is 4.77. The molecule has 10 nitrogen and oxygen atoms in total. The third-order valence-electron chi connectivity index (χ3n) is 7.39. The second kappa shape index (κ2) is 10.6. The molecule has 3 aliphatic rings. The Morgan fingerprint density at radius 1 is 1.10 bits per heavy atom. The number of nitrogens with one attached hydrogen (secondary N) is 3. The molecule has 4 atom stereocenters. The zero-order valence-corrected chi connectivity index (χ0v) is 22.6. The topological polar surface area (TPSA) is 126 Å². The summed E-state index contributed by atoms with van der Waals surface area (Å²) < 4.78 is 5.86. The van der Waals surface area contributed by atoms with E-state index in [9.17, 15) is 14.4 Å². The van der Waals surface area contributed by atoms with Crippen molar-refractivity contribution in [1.82, 2.24) is 25.9 Å². The van der Waals surface area contributed by atoms with Crippen LogP contribution in [0.25, 0.3) is 0 Å². The fourth-order valence-corrected chi connectivity index (χ4v) is 6.78. The lowest BCUT2D eigenvalue weighted by molar-refractivity contribution is -0.122. The first kappa shape index (κ1) is 25.9. The van der Waals surface area contributed by atoms with Crippen molar-refractivity contribution in [2.24, 2.45) is 0 Å². The van der Waals surface area contributed by atoms with E-state index in [1.54, 1.807) is 35.5 Å². The van der Waals surface area contributed by atoms with Gasteiger partial charge in [-0.05, 0) is 68.2 Å². The average molecular weight is 557 g/mol. The van der Waals surface area contributed by atoms with E-state index in [0.717, 1.165) is 30.4 Å². The van der Waals surface area contributed by atoms with Gasteiger partial charge in [0, 0.05) is 36.1 Å². The van der Waals surface area contributed by atoms with Crippen LogP contribution in [0.5, 0.6) is 11.6 Å². The summed E-state index contributed by atoms with van der Waals surface area (Å²) in [5.74, 6) is 0.643. The summed E-state index contributed by atoms with van der Waals surface area (Å²) >= 11 is 1.35. The van der Waals surface area contributed by atoms with Gasteiger partial charge >= 0.3 is 6.03 Å². The lowest BCUT2D eigenvalue weighted by atomic mass is 9.99. The Labute approximate surface area is 235 Å². The summed E-state index contributed by atoms with van der Waals surface area (Å²) in [6.07, 6.45) is 7.01. The largest absolute Gasteiger partial charge is 0.439 e. The lowest BCUT2D eigenvalue weighted by Gasteiger charge is -2.35. The number of rotatable bonds is 7. The van der Waals surface area contributed by atoms with Crippen LogP contribution < -0.4 is 25.6 Å². The normalized spacial score (nSPS) is 22.7. The molecule has 1 saturated carbocycles. The standard InChI is InChI=1S/C29H28N6O4S/c1-3-22(36)32-18-7-6-8-19(18)33-27(37)26-25-24-21(12-14-31-28(24)40-26)35(29(38)34-25)20-11-10-17(15-16(20)2)39-23-9-4-5-13-30-23/h3-5,9-15,18-19,25-26H,1,6-8H2,2H3,(H,32,36)(H,33,37)(H,34,38)/t18-,19+,25?,26?/m0/s1. The molecule has 0 bridgehead atoms. The Hall–Kier alpha value is -4.38. The van der Waals surface area contributed by atoms with Crippen LogP contribution in [0.15, 0.2) is 72.5 Å². The number of aromatic nitrogens is 2. The van der Waals surface area contributed by atoms with Gasteiger partial charge in [0.1, 0.15) is 16.0 Å². The minimum absolute atomic E-state index is 0.152. The number of carbonyl (C=O) groups excluding carboxylic acids is 3. The van der Waals surface area contributed by atoms with E-state index < -0.39 is 11.3 Å². The molecule has 2 aliphatic heterocycles. The van der Waals surface area contributed by atoms with Crippen molar-refractivity contribution in [2.75, 3.05) is 4.90 Å². The van der Waals surface area contributed by atoms with E-state index in [0.29, 0.717) is 28.0 Å². The Kier molecular flexibility index (Phi) is 6.89. The first-order valence-corrected chi connectivity index (χ1v) is 14.0. The van der Waals surface area contributed by atoms with Crippen LogP contribution >= 0.6 is 11.8 Å². The van der Waals surface area contributed by atoms with Gasteiger partial charge in [-0.25, -0.2) is 14.8 Å². The van der Waals surface area contributed by atoms with E-state index in [1.165, 1.54) is 17.8 Å². The molecule has 0 radical (unpaired) electrons. The number of thioether (sulfide) groups is 1. The van der Waals surface area contributed by atoms with Crippen molar-refractivity contribution in [3.05, 3.63) is 78.6 Å². The fraction of sp³-hybridized carbons (Fsp3) is 0.276. The maximum atomic E-state index is 13.6. The third-order valence-corrected chi connectivity index (χ3v) is 8.68. The molecule has 0 spiro atoms. The molecule has 11 heteroatoms. The highest BCUT2D eigenvalue weighted by molar-refractivity contribution is 8.01. The molecule has 4 amide bonds. The summed E-state index contributed by atoms with van der Waals surface area (Å²) in [6.45, 7) is 5.42. The van der Waals surface area contributed by atoms with E-state index in [1.807, 2.05) is 31.2 Å². The smallest absolute Gasteiger partial charge is 0.327 e. The summed E-state index contributed by atoms with van der Waals surface area (Å²) in [7, 11) is 0. The van der Waals surface area contributed by atoms with Gasteiger partial charge in [0.25, 0.3) is 0 Å². The lowest BCUT2D eigenvalue weighted by Crippen LogP contribution is -2.53. The van der Waals surface area contributed by atoms with E-state index >= 15 is 0 Å². The van der Waals surface area contributed by atoms with Crippen molar-refractivity contribution in [2.45, 2.75) is 54.6 Å². The predicted octanol–water partition coefficient (Wildman–Crippen LogP) is 4.29. The maximum absolute atomic E-state index is 13.6. The molecular formula is C29H28N6O4S. The molecule has 4 heterocycles. The number of benzene rings is 1. The van der Waals surface area contributed by atoms with Gasteiger partial charge in [-0.1, -0.05) is 24.4 Å². The number of amides is 4. The molecule has 40 heavy (non-hydrogen) atoms. The molecular weight excluding hydrogens is 528 g/mol. The van der Waals surface area contributed by atoms with Crippen molar-refractivity contribution in [3.63, 3.8) is 0 Å². The molecule has 0 saturated heterocycles. The van der Waals surface area contributed by atoms with Crippen LogP contribution in [0.4, 0.5) is 16.2 Å². The molecule has 1 aromatic carbocycles. The van der Waals surface area contributed by atoms with Gasteiger partial charge in [0.05, 0.1) is 17.4 Å². The monoisotopic (exact) mass is 556 g/mol. The number of nitrogens with zero attached hydrogens (tertiary/aromatic N) is 3. The number of pyridine rings is 2. The van der Waals surface area contributed by atoms with Crippen molar-refractivity contribution in [3.8, 4) is 11.6 Å². The van der Waals surface area contributed by atoms with Crippen molar-refractivity contribution < 1.29 is 19.1 Å². The van der Waals surface area contributed by atoms with Crippen LogP contribution in [-0.2, 0) is 9.59 Å². The fourth-order valence-electron chi connectivity index (χ4n) is 5.55. The van der Waals surface area contributed by atoms with Crippen molar-refractivity contribution >= 4 is 41.0 Å². The summed E-state index contributed by atoms with van der Waals surface area (Å²) in [6, 6.07) is 11.6. The van der Waals surface area contributed by atoms with Gasteiger partial charge in [0.15, 0.2) is 0 Å². The summed E-state index contributed by atoms with van der Waals surface area (Å²) in [5, 5.41) is 9.21. The summed E-state index contributed by atoms with van der Waals surface area (Å²) in [5.41, 5.74) is 3.05. The zero-order chi connectivity index (χ0) is 27.8. The Bertz CT molecular complexity index is 1500. The van der Waals surface area contributed by atoms with Gasteiger partial charge in [-0.3, -0.25) is 14.5 Å².